The molecule has 4 amide bonds. The molecule has 0 spiro atoms. The Morgan fingerprint density at radius 3 is 2.52 bits per heavy atom. The Morgan fingerprint density at radius 2 is 1.79 bits per heavy atom. The van der Waals surface area contributed by atoms with Crippen LogP contribution in [0.1, 0.15) is 51.0 Å². The first-order chi connectivity index (χ1) is 20.3. The highest BCUT2D eigenvalue weighted by molar-refractivity contribution is 9.10. The molecule has 1 N–H and O–H groups in total. The molecule has 2 aromatic carbocycles. The fourth-order valence-corrected chi connectivity index (χ4v) is 6.59. The molecule has 2 saturated heterocycles. The predicted molar refractivity (Wildman–Crippen MR) is 148 cm³/mol. The van der Waals surface area contributed by atoms with Gasteiger partial charge in [-0.3, -0.25) is 34.3 Å². The minimum Gasteiger partial charge on any atom is -0.454 e. The molecule has 0 bridgehead atoms. The van der Waals surface area contributed by atoms with Crippen LogP contribution in [0.25, 0.3) is 0 Å². The number of carbonyl (C=O) groups excluding carboxylic acids is 4. The van der Waals surface area contributed by atoms with Crippen molar-refractivity contribution in [3.63, 3.8) is 0 Å². The molecular weight excluding hydrogens is 612 g/mol. The van der Waals surface area contributed by atoms with E-state index in [4.69, 9.17) is 9.47 Å². The monoisotopic (exact) mass is 636 g/mol. The molecule has 4 aliphatic heterocycles. The maximum Gasteiger partial charge on any atom is 0.262 e. The second-order valence-corrected chi connectivity index (χ2v) is 11.3. The number of fused-ring (bicyclic) bond motifs is 2. The van der Waals surface area contributed by atoms with Crippen LogP contribution in [0.2, 0.25) is 0 Å². The first kappa shape index (κ1) is 26.5. The van der Waals surface area contributed by atoms with E-state index in [1.807, 2.05) is 18.2 Å². The van der Waals surface area contributed by atoms with Crippen LogP contribution in [0.4, 0.5) is 5.69 Å². The van der Waals surface area contributed by atoms with E-state index in [0.717, 1.165) is 20.6 Å². The van der Waals surface area contributed by atoms with Gasteiger partial charge in [0.1, 0.15) is 12.1 Å². The second-order valence-electron chi connectivity index (χ2n) is 10.5. The summed E-state index contributed by atoms with van der Waals surface area (Å²) < 4.78 is 14.0. The van der Waals surface area contributed by atoms with Gasteiger partial charge in [0.15, 0.2) is 17.3 Å². The van der Waals surface area contributed by atoms with Crippen molar-refractivity contribution in [2.45, 2.75) is 24.9 Å². The molecule has 0 radical (unpaired) electrons. The van der Waals surface area contributed by atoms with E-state index in [9.17, 15) is 19.2 Å². The van der Waals surface area contributed by atoms with Crippen molar-refractivity contribution in [3.05, 3.63) is 57.3 Å². The zero-order valence-corrected chi connectivity index (χ0v) is 24.0. The molecular formula is C27H25BrN8O6. The van der Waals surface area contributed by atoms with Crippen molar-refractivity contribution < 1.29 is 28.7 Å². The number of rotatable bonds is 5. The van der Waals surface area contributed by atoms with Crippen molar-refractivity contribution in [2.24, 2.45) is 7.05 Å². The highest BCUT2D eigenvalue weighted by Crippen LogP contribution is 2.46. The number of halogens is 1. The van der Waals surface area contributed by atoms with Gasteiger partial charge < -0.3 is 14.4 Å². The number of benzene rings is 2. The molecule has 14 nitrogen and oxygen atoms in total. The van der Waals surface area contributed by atoms with Gasteiger partial charge in [0.2, 0.25) is 18.6 Å². The average molecular weight is 637 g/mol. The van der Waals surface area contributed by atoms with Gasteiger partial charge in [-0.25, -0.2) is 4.68 Å². The lowest BCUT2D eigenvalue weighted by molar-refractivity contribution is -0.136. The van der Waals surface area contributed by atoms with Gasteiger partial charge in [0, 0.05) is 55.4 Å². The number of hydrogen-bond donors (Lipinski definition) is 1. The quantitative estimate of drug-likeness (QED) is 0.399. The summed E-state index contributed by atoms with van der Waals surface area (Å²) in [5.74, 6) is -0.103. The van der Waals surface area contributed by atoms with Crippen LogP contribution in [0.3, 0.4) is 0 Å². The molecule has 2 unspecified atom stereocenters. The first-order valence-corrected chi connectivity index (χ1v) is 14.3. The van der Waals surface area contributed by atoms with Crippen LogP contribution in [0.15, 0.2) is 34.8 Å². The molecule has 42 heavy (non-hydrogen) atoms. The molecule has 2 atom stereocenters. The number of aromatic nitrogens is 4. The van der Waals surface area contributed by atoms with Gasteiger partial charge in [0.25, 0.3) is 11.8 Å². The van der Waals surface area contributed by atoms with Crippen molar-refractivity contribution in [3.8, 4) is 11.5 Å². The summed E-state index contributed by atoms with van der Waals surface area (Å²) in [5.41, 5.74) is 2.20. The number of nitrogens with zero attached hydrogens (tertiary/aromatic N) is 7. The normalized spacial score (nSPS) is 21.1. The molecule has 1 aromatic heterocycles. The van der Waals surface area contributed by atoms with Gasteiger partial charge in [-0.05, 0) is 47.2 Å². The minimum atomic E-state index is -0.998. The smallest absolute Gasteiger partial charge is 0.262 e. The molecule has 2 fully saturated rings. The summed E-state index contributed by atoms with van der Waals surface area (Å²) in [6.45, 7) is 2.67. The molecule has 216 valence electrons. The first-order valence-electron chi connectivity index (χ1n) is 13.5. The van der Waals surface area contributed by atoms with Gasteiger partial charge in [-0.2, -0.15) is 0 Å². The van der Waals surface area contributed by atoms with E-state index in [2.05, 4.69) is 46.6 Å². The molecule has 7 rings (SSSR count). The Morgan fingerprint density at radius 1 is 1.00 bits per heavy atom. The largest absolute Gasteiger partial charge is 0.454 e. The fraction of sp³-hybridized carbons (Fsp3) is 0.370. The summed E-state index contributed by atoms with van der Waals surface area (Å²) in [6, 6.07) is 7.65. The predicted octanol–water partition coefficient (Wildman–Crippen LogP) is 1.01. The molecule has 15 heteroatoms. The van der Waals surface area contributed by atoms with Gasteiger partial charge in [0.05, 0.1) is 11.1 Å². The highest BCUT2D eigenvalue weighted by atomic mass is 79.9. The number of anilines is 1. The lowest BCUT2D eigenvalue weighted by Gasteiger charge is -2.40. The lowest BCUT2D eigenvalue weighted by atomic mass is 10.0. The minimum absolute atomic E-state index is 0.0756. The van der Waals surface area contributed by atoms with E-state index in [-0.39, 0.29) is 36.8 Å². The summed E-state index contributed by atoms with van der Waals surface area (Å²) in [5, 5.41) is 14.5. The van der Waals surface area contributed by atoms with Gasteiger partial charge in [-0.15, -0.1) is 5.10 Å². The Labute approximate surface area is 247 Å². The number of aryl methyl sites for hydroxylation is 1. The summed E-state index contributed by atoms with van der Waals surface area (Å²) in [4.78, 5) is 55.8. The zero-order chi connectivity index (χ0) is 29.1. The van der Waals surface area contributed by atoms with E-state index < -0.39 is 29.7 Å². The topological polar surface area (TPSA) is 152 Å². The van der Waals surface area contributed by atoms with E-state index >= 15 is 0 Å². The summed E-state index contributed by atoms with van der Waals surface area (Å²) in [7, 11) is 1.80. The van der Waals surface area contributed by atoms with Crippen LogP contribution in [0.5, 0.6) is 11.5 Å². The van der Waals surface area contributed by atoms with Crippen molar-refractivity contribution in [2.75, 3.05) is 37.9 Å². The summed E-state index contributed by atoms with van der Waals surface area (Å²) >= 11 is 3.70. The number of amides is 4. The lowest BCUT2D eigenvalue weighted by Crippen LogP contribution is -2.54. The van der Waals surface area contributed by atoms with Crippen molar-refractivity contribution in [1.29, 1.82) is 0 Å². The molecule has 4 aliphatic rings. The summed E-state index contributed by atoms with van der Waals surface area (Å²) in [6.07, 6.45) is 0.192. The molecule has 0 aliphatic carbocycles. The zero-order valence-electron chi connectivity index (χ0n) is 22.4. The Bertz CT molecular complexity index is 1650. The maximum absolute atomic E-state index is 13.3. The van der Waals surface area contributed by atoms with Gasteiger partial charge in [-0.1, -0.05) is 15.9 Å². The Kier molecular flexibility index (Phi) is 6.42. The number of ether oxygens (including phenoxy) is 2. The van der Waals surface area contributed by atoms with Crippen LogP contribution >= 0.6 is 15.9 Å². The number of imide groups is 2. The van der Waals surface area contributed by atoms with Crippen molar-refractivity contribution >= 4 is 45.2 Å². The van der Waals surface area contributed by atoms with Crippen LogP contribution in [-0.2, 0) is 16.6 Å². The van der Waals surface area contributed by atoms with E-state index in [0.29, 0.717) is 43.5 Å². The molecule has 0 saturated carbocycles. The number of piperazine rings is 1. The number of piperidine rings is 1. The maximum atomic E-state index is 13.3. The second kappa shape index (κ2) is 10.2. The van der Waals surface area contributed by atoms with E-state index in [1.54, 1.807) is 23.9 Å². The average Bonchev–Trinajstić information content (AvgIpc) is 3.69. The number of carbonyl (C=O) groups is 4. The number of nitrogens with one attached hydrogen (secondary N) is 1. The SMILES string of the molecule is Cn1nnnc1C(c1c(Br)ccc2c1OCO2)N1CCN(c2ccc3c(c2)C(=O)N(C2CCC(=O)NC2=O)C3=O)CC1. The van der Waals surface area contributed by atoms with Gasteiger partial charge >= 0.3 is 0 Å². The number of hydrogen-bond acceptors (Lipinski definition) is 11. The molecule has 3 aromatic rings. The van der Waals surface area contributed by atoms with Crippen LogP contribution < -0.4 is 19.7 Å². The van der Waals surface area contributed by atoms with Crippen LogP contribution in [0, 0.1) is 0 Å². The third kappa shape index (κ3) is 4.22. The Hall–Kier alpha value is -4.37. The van der Waals surface area contributed by atoms with E-state index in [1.165, 1.54) is 0 Å². The fourth-order valence-electron chi connectivity index (χ4n) is 6.06. The number of tetrazole rings is 1. The molecule has 5 heterocycles. The third-order valence-electron chi connectivity index (χ3n) is 8.16. The Balaban J connectivity index is 1.13. The third-order valence-corrected chi connectivity index (χ3v) is 8.85. The van der Waals surface area contributed by atoms with Crippen molar-refractivity contribution in [1.82, 2.24) is 35.3 Å². The highest BCUT2D eigenvalue weighted by Gasteiger charge is 2.45. The van der Waals surface area contributed by atoms with Crippen LogP contribution in [-0.4, -0.2) is 92.6 Å². The standard InChI is InChI=1S/C27H25BrN8O6/c1-33-24(30-31-32-33)22(21-17(28)4-6-19-23(21)42-13-41-19)35-10-8-34(9-11-35)14-2-3-15-16(12-14)27(40)36(26(15)39)18-5-7-20(37)29-25(18)38/h2-4,6,12,18,22H,5,7-11,13H2,1H3,(H,29,37,38).